The van der Waals surface area contributed by atoms with Crippen LogP contribution in [-0.2, 0) is 11.8 Å². The van der Waals surface area contributed by atoms with Gasteiger partial charge in [-0.25, -0.2) is 9.78 Å². The van der Waals surface area contributed by atoms with Crippen LogP contribution in [0.3, 0.4) is 0 Å². The van der Waals surface area contributed by atoms with Gasteiger partial charge in [-0.15, -0.1) is 0 Å². The Balaban J connectivity index is 1.64. The maximum Gasteiger partial charge on any atom is 0.319 e. The van der Waals surface area contributed by atoms with Gasteiger partial charge in [-0.1, -0.05) is 0 Å². The molecule has 7 heteroatoms. The molecule has 0 aliphatic carbocycles. The Morgan fingerprint density at radius 2 is 2.27 bits per heavy atom. The number of imidazole rings is 1. The number of hydrogen-bond acceptors (Lipinski definition) is 4. The summed E-state index contributed by atoms with van der Waals surface area (Å²) in [5.74, 6) is 0.822. The van der Waals surface area contributed by atoms with Crippen LogP contribution in [0.15, 0.2) is 30.7 Å². The first kappa shape index (κ1) is 14.5. The lowest BCUT2D eigenvalue weighted by molar-refractivity contribution is 0.0913. The molecule has 1 aliphatic rings. The van der Waals surface area contributed by atoms with Crippen molar-refractivity contribution >= 4 is 11.7 Å². The van der Waals surface area contributed by atoms with Crippen LogP contribution in [0.4, 0.5) is 10.5 Å². The Morgan fingerprint density at radius 1 is 1.41 bits per heavy atom. The summed E-state index contributed by atoms with van der Waals surface area (Å²) in [5, 5.41) is 5.78. The molecule has 0 radical (unpaired) electrons. The third-order valence-corrected chi connectivity index (χ3v) is 3.68. The van der Waals surface area contributed by atoms with E-state index in [2.05, 4.69) is 20.6 Å². The second kappa shape index (κ2) is 6.15. The van der Waals surface area contributed by atoms with Crippen molar-refractivity contribution in [1.29, 1.82) is 0 Å². The summed E-state index contributed by atoms with van der Waals surface area (Å²) < 4.78 is 7.64. The van der Waals surface area contributed by atoms with Crippen molar-refractivity contribution in [2.24, 2.45) is 7.05 Å². The maximum atomic E-state index is 12.2. The molecule has 2 aromatic rings. The number of ether oxygens (including phenoxy) is 1. The first-order valence-corrected chi connectivity index (χ1v) is 7.22. The highest BCUT2D eigenvalue weighted by atomic mass is 16.5. The number of aryl methyl sites for hydroxylation is 2. The number of rotatable bonds is 3. The first-order valence-electron chi connectivity index (χ1n) is 7.22. The van der Waals surface area contributed by atoms with Gasteiger partial charge in [0.2, 0.25) is 0 Å². The average Bonchev–Trinajstić information content (AvgIpc) is 3.07. The van der Waals surface area contributed by atoms with Crippen LogP contribution in [0, 0.1) is 6.92 Å². The van der Waals surface area contributed by atoms with Crippen molar-refractivity contribution in [3.63, 3.8) is 0 Å². The number of nitrogens with zero attached hydrogens (tertiary/aromatic N) is 3. The van der Waals surface area contributed by atoms with Crippen LogP contribution >= 0.6 is 0 Å². The maximum absolute atomic E-state index is 12.2. The van der Waals surface area contributed by atoms with Gasteiger partial charge < -0.3 is 19.9 Å². The molecule has 116 valence electrons. The van der Waals surface area contributed by atoms with E-state index < -0.39 is 0 Å². The van der Waals surface area contributed by atoms with E-state index >= 15 is 0 Å². The number of pyridine rings is 1. The van der Waals surface area contributed by atoms with E-state index in [0.717, 1.165) is 23.6 Å². The van der Waals surface area contributed by atoms with Gasteiger partial charge in [-0.2, -0.15) is 0 Å². The molecule has 7 nitrogen and oxygen atoms in total. The number of anilines is 1. The summed E-state index contributed by atoms with van der Waals surface area (Å²) in [4.78, 5) is 20.6. The van der Waals surface area contributed by atoms with Crippen molar-refractivity contribution in [2.75, 3.05) is 11.9 Å². The van der Waals surface area contributed by atoms with Crippen LogP contribution < -0.4 is 10.6 Å². The second-order valence-corrected chi connectivity index (χ2v) is 5.37. The van der Waals surface area contributed by atoms with E-state index in [1.807, 2.05) is 30.8 Å². The number of hydrogen-bond donors (Lipinski definition) is 2. The number of amides is 2. The molecule has 2 aromatic heterocycles. The predicted molar refractivity (Wildman–Crippen MR) is 81.4 cm³/mol. The lowest BCUT2D eigenvalue weighted by atomic mass is 10.1. The molecule has 0 saturated carbocycles. The van der Waals surface area contributed by atoms with Gasteiger partial charge in [0.05, 0.1) is 6.04 Å². The van der Waals surface area contributed by atoms with Crippen molar-refractivity contribution in [1.82, 2.24) is 19.9 Å². The standard InChI is InChI=1S/C15H19N5O2/c1-10-9-11(3-5-16-10)18-15(21)19-12-4-8-22-13(12)14-17-6-7-20(14)2/h3,5-7,9,12-13H,4,8H2,1-2H3,(H2,16,18,19,21)/t12-,13-/m0/s1. The second-order valence-electron chi connectivity index (χ2n) is 5.37. The topological polar surface area (TPSA) is 81.1 Å². The highest BCUT2D eigenvalue weighted by Gasteiger charge is 2.33. The van der Waals surface area contributed by atoms with Crippen LogP contribution in [0.25, 0.3) is 0 Å². The highest BCUT2D eigenvalue weighted by Crippen LogP contribution is 2.27. The first-order chi connectivity index (χ1) is 10.6. The minimum absolute atomic E-state index is 0.0935. The molecule has 1 aliphatic heterocycles. The molecule has 3 heterocycles. The molecule has 3 rings (SSSR count). The predicted octanol–water partition coefficient (Wildman–Crippen LogP) is 1.78. The van der Waals surface area contributed by atoms with Gasteiger partial charge in [-0.3, -0.25) is 4.98 Å². The Morgan fingerprint density at radius 3 is 3.00 bits per heavy atom. The van der Waals surface area contributed by atoms with Crippen LogP contribution in [0.5, 0.6) is 0 Å². The average molecular weight is 301 g/mol. The Hall–Kier alpha value is -2.41. The Labute approximate surface area is 128 Å². The summed E-state index contributed by atoms with van der Waals surface area (Å²) in [7, 11) is 1.92. The largest absolute Gasteiger partial charge is 0.368 e. The van der Waals surface area contributed by atoms with E-state index in [9.17, 15) is 4.79 Å². The molecule has 0 unspecified atom stereocenters. The zero-order valence-corrected chi connectivity index (χ0v) is 12.6. The van der Waals surface area contributed by atoms with E-state index in [1.165, 1.54) is 0 Å². The summed E-state index contributed by atoms with van der Waals surface area (Å²) in [6, 6.07) is 3.24. The molecule has 0 spiro atoms. The minimum atomic E-state index is -0.250. The van der Waals surface area contributed by atoms with E-state index in [4.69, 9.17) is 4.74 Å². The fourth-order valence-electron chi connectivity index (χ4n) is 2.60. The smallest absolute Gasteiger partial charge is 0.319 e. The van der Waals surface area contributed by atoms with Gasteiger partial charge in [0, 0.05) is 43.6 Å². The quantitative estimate of drug-likeness (QED) is 0.905. The zero-order valence-electron chi connectivity index (χ0n) is 12.6. The molecule has 2 amide bonds. The summed E-state index contributed by atoms with van der Waals surface area (Å²) in [6.45, 7) is 2.49. The van der Waals surface area contributed by atoms with E-state index in [-0.39, 0.29) is 18.2 Å². The summed E-state index contributed by atoms with van der Waals surface area (Å²) >= 11 is 0. The minimum Gasteiger partial charge on any atom is -0.368 e. The molecule has 1 fully saturated rings. The van der Waals surface area contributed by atoms with Gasteiger partial charge in [0.15, 0.2) is 0 Å². The third kappa shape index (κ3) is 3.09. The van der Waals surface area contributed by atoms with Gasteiger partial charge in [0.25, 0.3) is 0 Å². The van der Waals surface area contributed by atoms with Gasteiger partial charge >= 0.3 is 6.03 Å². The molecule has 0 bridgehead atoms. The highest BCUT2D eigenvalue weighted by molar-refractivity contribution is 5.89. The Kier molecular flexibility index (Phi) is 4.06. The number of urea groups is 1. The van der Waals surface area contributed by atoms with Crippen LogP contribution in [0.1, 0.15) is 24.0 Å². The van der Waals surface area contributed by atoms with Gasteiger partial charge in [0.1, 0.15) is 11.9 Å². The fourth-order valence-corrected chi connectivity index (χ4v) is 2.60. The van der Waals surface area contributed by atoms with Crippen LogP contribution in [-0.4, -0.2) is 33.2 Å². The number of carbonyl (C=O) groups excluding carboxylic acids is 1. The number of nitrogens with one attached hydrogen (secondary N) is 2. The molecule has 2 N–H and O–H groups in total. The van der Waals surface area contributed by atoms with Crippen molar-refractivity contribution in [3.8, 4) is 0 Å². The Bertz CT molecular complexity index is 669. The molecule has 0 aromatic carbocycles. The summed E-state index contributed by atoms with van der Waals surface area (Å²) in [5.41, 5.74) is 1.57. The molecule has 1 saturated heterocycles. The number of aromatic nitrogens is 3. The fraction of sp³-hybridized carbons (Fsp3) is 0.400. The van der Waals surface area contributed by atoms with E-state index in [0.29, 0.717) is 6.61 Å². The third-order valence-electron chi connectivity index (χ3n) is 3.68. The van der Waals surface area contributed by atoms with Gasteiger partial charge in [-0.05, 0) is 25.5 Å². The molecule has 22 heavy (non-hydrogen) atoms. The van der Waals surface area contributed by atoms with E-state index in [1.54, 1.807) is 18.5 Å². The molecule has 2 atom stereocenters. The number of carbonyl (C=O) groups is 1. The monoisotopic (exact) mass is 301 g/mol. The van der Waals surface area contributed by atoms with Crippen LogP contribution in [0.2, 0.25) is 0 Å². The lowest BCUT2D eigenvalue weighted by Crippen LogP contribution is -2.40. The normalized spacial score (nSPS) is 20.8. The molecular weight excluding hydrogens is 282 g/mol. The lowest BCUT2D eigenvalue weighted by Gasteiger charge is -2.20. The van der Waals surface area contributed by atoms with Crippen molar-refractivity contribution in [2.45, 2.75) is 25.5 Å². The SMILES string of the molecule is Cc1cc(NC(=O)N[C@H]2CCO[C@@H]2c2nccn2C)ccn1. The molecular formula is C15H19N5O2. The summed E-state index contributed by atoms with van der Waals surface area (Å²) in [6.07, 6.45) is 5.81. The van der Waals surface area contributed by atoms with Crippen molar-refractivity contribution < 1.29 is 9.53 Å². The zero-order chi connectivity index (χ0) is 15.5. The van der Waals surface area contributed by atoms with Crippen molar-refractivity contribution in [3.05, 3.63) is 42.2 Å².